The van der Waals surface area contributed by atoms with Crippen LogP contribution in [0.2, 0.25) is 0 Å². The van der Waals surface area contributed by atoms with E-state index in [1.807, 2.05) is 31.4 Å². The third-order valence-electron chi connectivity index (χ3n) is 6.65. The molecule has 35 heavy (non-hydrogen) atoms. The highest BCUT2D eigenvalue weighted by atomic mass is 16.5. The van der Waals surface area contributed by atoms with Gasteiger partial charge in [-0.1, -0.05) is 38.1 Å². The van der Waals surface area contributed by atoms with Gasteiger partial charge in [-0.3, -0.25) is 4.68 Å². The molecule has 5 rings (SSSR count). The minimum atomic E-state index is -0.152. The highest BCUT2D eigenvalue weighted by Gasteiger charge is 2.28. The maximum absolute atomic E-state index is 6.00. The van der Waals surface area contributed by atoms with E-state index < -0.39 is 0 Å². The molecule has 0 spiro atoms. The molecule has 1 aliphatic carbocycles. The summed E-state index contributed by atoms with van der Waals surface area (Å²) in [5.74, 6) is 2.35. The first-order valence-electron chi connectivity index (χ1n) is 11.9. The summed E-state index contributed by atoms with van der Waals surface area (Å²) in [6.45, 7) is 4.82. The van der Waals surface area contributed by atoms with Crippen LogP contribution in [0.4, 0.5) is 0 Å². The Balaban J connectivity index is 1.21. The van der Waals surface area contributed by atoms with Gasteiger partial charge in [-0.15, -0.1) is 0 Å². The summed E-state index contributed by atoms with van der Waals surface area (Å²) in [6, 6.07) is 18.8. The van der Waals surface area contributed by atoms with Crippen molar-refractivity contribution in [2.45, 2.75) is 50.9 Å². The van der Waals surface area contributed by atoms with Crippen molar-refractivity contribution in [3.05, 3.63) is 90.0 Å². The fourth-order valence-electron chi connectivity index (χ4n) is 4.29. The van der Waals surface area contributed by atoms with E-state index in [0.717, 1.165) is 35.6 Å². The summed E-state index contributed by atoms with van der Waals surface area (Å²) in [4.78, 5) is 8.94. The van der Waals surface area contributed by atoms with Gasteiger partial charge >= 0.3 is 0 Å². The number of ether oxygens (including phenoxy) is 2. The molecular weight excluding hydrogens is 438 g/mol. The van der Waals surface area contributed by atoms with Crippen LogP contribution in [-0.2, 0) is 19.1 Å². The Morgan fingerprint density at radius 1 is 0.971 bits per heavy atom. The molecule has 0 unspecified atom stereocenters. The molecule has 4 aromatic rings. The molecule has 1 saturated carbocycles. The lowest BCUT2D eigenvalue weighted by Crippen LogP contribution is -2.43. The molecule has 7 nitrogen and oxygen atoms in total. The lowest BCUT2D eigenvalue weighted by atomic mass is 9.78. The lowest BCUT2D eigenvalue weighted by Gasteiger charge is -2.33. The standard InChI is InChI=1S/C28H31N5O2/c1-28(2,21-6-10-25(11-7-21)35-26-14-22(29)15-26)20-4-8-24(9-5-20)34-18-23-12-13-30-27(32-23)19-16-31-33(3)17-19/h4-13,16-17,22,26H,14-15,18,29H2,1-3H3. The van der Waals surface area contributed by atoms with Crippen molar-refractivity contribution >= 4 is 0 Å². The Hall–Kier alpha value is -3.71. The summed E-state index contributed by atoms with van der Waals surface area (Å²) >= 11 is 0. The smallest absolute Gasteiger partial charge is 0.162 e. The highest BCUT2D eigenvalue weighted by Crippen LogP contribution is 2.34. The zero-order chi connectivity index (χ0) is 24.4. The minimum Gasteiger partial charge on any atom is -0.490 e. The normalized spacial score (nSPS) is 17.6. The Morgan fingerprint density at radius 2 is 1.63 bits per heavy atom. The zero-order valence-corrected chi connectivity index (χ0v) is 20.4. The summed E-state index contributed by atoms with van der Waals surface area (Å²) < 4.78 is 13.7. The SMILES string of the molecule is Cn1cc(-c2nccc(COc3ccc(C(C)(C)c4ccc(OC5CC(N)C5)cc4)cc3)n2)cn1. The van der Waals surface area contributed by atoms with E-state index in [1.165, 1.54) is 11.1 Å². The summed E-state index contributed by atoms with van der Waals surface area (Å²) in [5.41, 5.74) is 9.85. The van der Waals surface area contributed by atoms with E-state index in [9.17, 15) is 0 Å². The van der Waals surface area contributed by atoms with Gasteiger partial charge in [0.2, 0.25) is 0 Å². The van der Waals surface area contributed by atoms with E-state index >= 15 is 0 Å². The fourth-order valence-corrected chi connectivity index (χ4v) is 4.29. The zero-order valence-electron chi connectivity index (χ0n) is 20.4. The Bertz CT molecular complexity index is 1280. The topological polar surface area (TPSA) is 88.1 Å². The van der Waals surface area contributed by atoms with Gasteiger partial charge in [0.25, 0.3) is 0 Å². The molecule has 0 bridgehead atoms. The van der Waals surface area contributed by atoms with Gasteiger partial charge in [0.1, 0.15) is 24.2 Å². The number of hydrogen-bond donors (Lipinski definition) is 1. The molecule has 0 aliphatic heterocycles. The molecular formula is C28H31N5O2. The van der Waals surface area contributed by atoms with Crippen LogP contribution in [-0.4, -0.2) is 31.9 Å². The molecule has 1 fully saturated rings. The van der Waals surface area contributed by atoms with Crippen LogP contribution >= 0.6 is 0 Å². The predicted octanol–water partition coefficient (Wildman–Crippen LogP) is 4.65. The van der Waals surface area contributed by atoms with Gasteiger partial charge in [0.05, 0.1) is 17.5 Å². The van der Waals surface area contributed by atoms with Crippen LogP contribution in [0.15, 0.2) is 73.2 Å². The molecule has 180 valence electrons. The van der Waals surface area contributed by atoms with Gasteiger partial charge < -0.3 is 15.2 Å². The Morgan fingerprint density at radius 3 is 2.23 bits per heavy atom. The van der Waals surface area contributed by atoms with Crippen LogP contribution in [0.5, 0.6) is 11.5 Å². The number of benzene rings is 2. The Kier molecular flexibility index (Phi) is 6.26. The summed E-state index contributed by atoms with van der Waals surface area (Å²) in [6.07, 6.45) is 7.52. The van der Waals surface area contributed by atoms with Crippen molar-refractivity contribution in [1.82, 2.24) is 19.7 Å². The second-order valence-electron chi connectivity index (χ2n) is 9.71. The number of aromatic nitrogens is 4. The molecule has 1 aliphatic rings. The molecule has 0 amide bonds. The molecule has 0 radical (unpaired) electrons. The molecule has 2 N–H and O–H groups in total. The maximum atomic E-state index is 6.00. The van der Waals surface area contributed by atoms with Crippen molar-refractivity contribution in [2.24, 2.45) is 12.8 Å². The van der Waals surface area contributed by atoms with Crippen molar-refractivity contribution in [1.29, 1.82) is 0 Å². The first-order valence-corrected chi connectivity index (χ1v) is 11.9. The monoisotopic (exact) mass is 469 g/mol. The van der Waals surface area contributed by atoms with Gasteiger partial charge in [0.15, 0.2) is 5.82 Å². The number of nitrogens with zero attached hydrogens (tertiary/aromatic N) is 4. The average Bonchev–Trinajstić information content (AvgIpc) is 3.29. The van der Waals surface area contributed by atoms with Crippen molar-refractivity contribution in [3.8, 4) is 22.9 Å². The summed E-state index contributed by atoms with van der Waals surface area (Å²) in [7, 11) is 1.87. The fraction of sp³-hybridized carbons (Fsp3) is 0.321. The Labute approximate surface area is 205 Å². The number of nitrogens with two attached hydrogens (primary N) is 1. The maximum Gasteiger partial charge on any atom is 0.162 e. The second-order valence-corrected chi connectivity index (χ2v) is 9.71. The van der Waals surface area contributed by atoms with Gasteiger partial charge in [0, 0.05) is 30.9 Å². The van der Waals surface area contributed by atoms with Gasteiger partial charge in [-0.05, 0) is 54.3 Å². The van der Waals surface area contributed by atoms with Crippen LogP contribution in [0, 0.1) is 0 Å². The van der Waals surface area contributed by atoms with E-state index in [0.29, 0.717) is 12.4 Å². The van der Waals surface area contributed by atoms with Crippen molar-refractivity contribution < 1.29 is 9.47 Å². The second kappa shape index (κ2) is 9.50. The van der Waals surface area contributed by atoms with Crippen molar-refractivity contribution in [3.63, 3.8) is 0 Å². The largest absolute Gasteiger partial charge is 0.490 e. The van der Waals surface area contributed by atoms with E-state index in [1.54, 1.807) is 17.1 Å². The van der Waals surface area contributed by atoms with Crippen LogP contribution < -0.4 is 15.2 Å². The molecule has 2 aromatic heterocycles. The lowest BCUT2D eigenvalue weighted by molar-refractivity contribution is 0.101. The molecule has 0 atom stereocenters. The molecule has 7 heteroatoms. The first kappa shape index (κ1) is 23.1. The van der Waals surface area contributed by atoms with Gasteiger partial charge in [-0.25, -0.2) is 9.97 Å². The van der Waals surface area contributed by atoms with E-state index in [-0.39, 0.29) is 17.6 Å². The van der Waals surface area contributed by atoms with E-state index in [2.05, 4.69) is 65.3 Å². The number of rotatable bonds is 8. The molecule has 2 aromatic carbocycles. The number of aryl methyl sites for hydroxylation is 1. The first-order chi connectivity index (χ1) is 16.9. The number of hydrogen-bond acceptors (Lipinski definition) is 6. The molecule has 0 saturated heterocycles. The van der Waals surface area contributed by atoms with Crippen LogP contribution in [0.1, 0.15) is 43.5 Å². The van der Waals surface area contributed by atoms with E-state index in [4.69, 9.17) is 15.2 Å². The van der Waals surface area contributed by atoms with Gasteiger partial charge in [-0.2, -0.15) is 5.10 Å². The predicted molar refractivity (Wildman–Crippen MR) is 135 cm³/mol. The third kappa shape index (κ3) is 5.20. The van der Waals surface area contributed by atoms with Crippen molar-refractivity contribution in [2.75, 3.05) is 0 Å². The minimum absolute atomic E-state index is 0.152. The molecule has 2 heterocycles. The highest BCUT2D eigenvalue weighted by molar-refractivity contribution is 5.51. The van der Waals surface area contributed by atoms with Crippen LogP contribution in [0.3, 0.4) is 0 Å². The summed E-state index contributed by atoms with van der Waals surface area (Å²) in [5, 5.41) is 4.18. The van der Waals surface area contributed by atoms with Crippen LogP contribution in [0.25, 0.3) is 11.4 Å². The quantitative estimate of drug-likeness (QED) is 0.404. The average molecular weight is 470 g/mol. The third-order valence-corrected chi connectivity index (χ3v) is 6.65.